The van der Waals surface area contributed by atoms with Gasteiger partial charge in [-0.05, 0) is 29.8 Å². The monoisotopic (exact) mass is 292 g/mol. The maximum Gasteiger partial charge on any atom is 0.256 e. The number of benzene rings is 1. The van der Waals surface area contributed by atoms with Gasteiger partial charge in [0.15, 0.2) is 0 Å². The van der Waals surface area contributed by atoms with Crippen molar-refractivity contribution in [3.8, 4) is 0 Å². The van der Waals surface area contributed by atoms with E-state index >= 15 is 0 Å². The summed E-state index contributed by atoms with van der Waals surface area (Å²) in [7, 11) is 1.75. The molecular weight excluding hydrogens is 280 g/mol. The first kappa shape index (κ1) is 13.8. The molecule has 1 aromatic heterocycles. The molecule has 19 heavy (non-hydrogen) atoms. The molecule has 5 heteroatoms. The average Bonchev–Trinajstić information content (AvgIpc) is 2.41. The average molecular weight is 293 g/mol. The molecule has 0 aliphatic rings. The lowest BCUT2D eigenvalue weighted by Gasteiger charge is -2.17. The normalized spacial score (nSPS) is 10.2. The molecule has 2 rings (SSSR count). The van der Waals surface area contributed by atoms with Gasteiger partial charge in [-0.25, -0.2) is 0 Å². The van der Waals surface area contributed by atoms with Crippen LogP contribution in [0.1, 0.15) is 15.9 Å². The second-order valence-electron chi connectivity index (χ2n) is 4.20. The van der Waals surface area contributed by atoms with Crippen molar-refractivity contribution in [1.29, 1.82) is 0 Å². The largest absolute Gasteiger partial charge is 0.352 e. The SMILES string of the molecule is CN(Cc1ccc(Cl)cc1)C(=O)c1ccc[nH]c1=S. The minimum absolute atomic E-state index is 0.100. The van der Waals surface area contributed by atoms with Gasteiger partial charge in [-0.1, -0.05) is 36.0 Å². The number of amides is 1. The lowest BCUT2D eigenvalue weighted by atomic mass is 10.2. The Labute approximate surface area is 121 Å². The number of carbonyl (C=O) groups is 1. The number of hydrogen-bond donors (Lipinski definition) is 1. The zero-order valence-corrected chi connectivity index (χ0v) is 12.0. The van der Waals surface area contributed by atoms with Crippen LogP contribution in [0.4, 0.5) is 0 Å². The molecule has 0 radical (unpaired) electrons. The standard InChI is InChI=1S/C14H13ClN2OS/c1-17(9-10-4-6-11(15)7-5-10)14(18)12-3-2-8-16-13(12)19/h2-8H,9H2,1H3,(H,16,19). The predicted molar refractivity (Wildman–Crippen MR) is 78.9 cm³/mol. The van der Waals surface area contributed by atoms with Gasteiger partial charge in [0.1, 0.15) is 4.64 Å². The second kappa shape index (κ2) is 5.99. The van der Waals surface area contributed by atoms with Crippen molar-refractivity contribution in [2.75, 3.05) is 7.05 Å². The van der Waals surface area contributed by atoms with Gasteiger partial charge in [-0.15, -0.1) is 0 Å². The highest BCUT2D eigenvalue weighted by Crippen LogP contribution is 2.12. The highest BCUT2D eigenvalue weighted by molar-refractivity contribution is 7.71. The molecule has 0 unspecified atom stereocenters. The third kappa shape index (κ3) is 3.43. The Hall–Kier alpha value is -1.65. The van der Waals surface area contributed by atoms with Gasteiger partial charge in [-0.2, -0.15) is 0 Å². The Bertz CT molecular complexity index is 636. The molecule has 0 atom stereocenters. The fraction of sp³-hybridized carbons (Fsp3) is 0.143. The summed E-state index contributed by atoms with van der Waals surface area (Å²) in [6.45, 7) is 0.514. The zero-order chi connectivity index (χ0) is 13.8. The summed E-state index contributed by atoms with van der Waals surface area (Å²) in [5.41, 5.74) is 1.53. The number of pyridine rings is 1. The van der Waals surface area contributed by atoms with Crippen molar-refractivity contribution in [3.63, 3.8) is 0 Å². The van der Waals surface area contributed by atoms with Crippen LogP contribution in [-0.4, -0.2) is 22.8 Å². The molecule has 0 fully saturated rings. The van der Waals surface area contributed by atoms with E-state index in [2.05, 4.69) is 4.98 Å². The Morgan fingerprint density at radius 3 is 2.63 bits per heavy atom. The molecule has 0 saturated carbocycles. The number of halogens is 1. The second-order valence-corrected chi connectivity index (χ2v) is 5.05. The van der Waals surface area contributed by atoms with Crippen molar-refractivity contribution in [3.05, 3.63) is 63.4 Å². The van der Waals surface area contributed by atoms with Gasteiger partial charge < -0.3 is 9.88 Å². The fourth-order valence-electron chi connectivity index (χ4n) is 1.73. The van der Waals surface area contributed by atoms with Gasteiger partial charge in [0, 0.05) is 24.8 Å². The number of H-pyrrole nitrogens is 1. The van der Waals surface area contributed by atoms with Crippen LogP contribution >= 0.6 is 23.8 Å². The number of aromatic amines is 1. The molecule has 0 saturated heterocycles. The highest BCUT2D eigenvalue weighted by atomic mass is 35.5. The molecule has 1 N–H and O–H groups in total. The fourth-order valence-corrected chi connectivity index (χ4v) is 2.08. The maximum atomic E-state index is 12.2. The highest BCUT2D eigenvalue weighted by Gasteiger charge is 2.13. The van der Waals surface area contributed by atoms with E-state index in [4.69, 9.17) is 23.8 Å². The lowest BCUT2D eigenvalue weighted by Crippen LogP contribution is -2.26. The third-order valence-corrected chi connectivity index (χ3v) is 3.32. The molecule has 0 bridgehead atoms. The van der Waals surface area contributed by atoms with Gasteiger partial charge in [0.05, 0.1) is 5.56 Å². The Morgan fingerprint density at radius 1 is 1.32 bits per heavy atom. The van der Waals surface area contributed by atoms with Crippen molar-refractivity contribution < 1.29 is 4.79 Å². The van der Waals surface area contributed by atoms with E-state index in [-0.39, 0.29) is 5.91 Å². The summed E-state index contributed by atoms with van der Waals surface area (Å²) >= 11 is 10.9. The number of carbonyl (C=O) groups excluding carboxylic acids is 1. The number of rotatable bonds is 3. The Kier molecular flexibility index (Phi) is 4.35. The van der Waals surface area contributed by atoms with Crippen LogP contribution in [0.5, 0.6) is 0 Å². The summed E-state index contributed by atoms with van der Waals surface area (Å²) in [4.78, 5) is 16.7. The number of nitrogens with zero attached hydrogens (tertiary/aromatic N) is 1. The predicted octanol–water partition coefficient (Wildman–Crippen LogP) is 3.67. The minimum atomic E-state index is -0.100. The van der Waals surface area contributed by atoms with E-state index in [0.29, 0.717) is 21.8 Å². The topological polar surface area (TPSA) is 36.1 Å². The van der Waals surface area contributed by atoms with Crippen LogP contribution in [0, 0.1) is 4.64 Å². The molecular formula is C14H13ClN2OS. The molecule has 1 amide bonds. The molecule has 2 aromatic rings. The molecule has 1 heterocycles. The van der Waals surface area contributed by atoms with E-state index in [9.17, 15) is 4.79 Å². The van der Waals surface area contributed by atoms with Crippen LogP contribution in [0.3, 0.4) is 0 Å². The quantitative estimate of drug-likeness (QED) is 0.876. The van der Waals surface area contributed by atoms with E-state index < -0.39 is 0 Å². The van der Waals surface area contributed by atoms with Gasteiger partial charge in [-0.3, -0.25) is 4.79 Å². The van der Waals surface area contributed by atoms with Crippen LogP contribution in [0.2, 0.25) is 5.02 Å². The van der Waals surface area contributed by atoms with E-state index in [1.165, 1.54) is 0 Å². The first-order valence-electron chi connectivity index (χ1n) is 5.75. The molecule has 1 aromatic carbocycles. The Balaban J connectivity index is 2.14. The molecule has 0 spiro atoms. The van der Waals surface area contributed by atoms with E-state index in [0.717, 1.165) is 5.56 Å². The summed E-state index contributed by atoms with van der Waals surface area (Å²) in [5.74, 6) is -0.100. The maximum absolute atomic E-state index is 12.2. The van der Waals surface area contributed by atoms with Crippen molar-refractivity contribution in [2.45, 2.75) is 6.54 Å². The molecule has 0 aliphatic carbocycles. The summed E-state index contributed by atoms with van der Waals surface area (Å²) in [5, 5.41) is 0.684. The molecule has 0 aliphatic heterocycles. The lowest BCUT2D eigenvalue weighted by molar-refractivity contribution is 0.0784. The van der Waals surface area contributed by atoms with Crippen molar-refractivity contribution in [1.82, 2.24) is 9.88 Å². The number of aromatic nitrogens is 1. The van der Waals surface area contributed by atoms with Gasteiger partial charge in [0.2, 0.25) is 0 Å². The van der Waals surface area contributed by atoms with Crippen LogP contribution in [0.15, 0.2) is 42.6 Å². The zero-order valence-electron chi connectivity index (χ0n) is 10.4. The number of hydrogen-bond acceptors (Lipinski definition) is 2. The first-order chi connectivity index (χ1) is 9.08. The van der Waals surface area contributed by atoms with Crippen LogP contribution in [-0.2, 0) is 6.54 Å². The van der Waals surface area contributed by atoms with Crippen molar-refractivity contribution in [2.24, 2.45) is 0 Å². The van der Waals surface area contributed by atoms with Crippen molar-refractivity contribution >= 4 is 29.7 Å². The third-order valence-electron chi connectivity index (χ3n) is 2.73. The molecule has 98 valence electrons. The smallest absolute Gasteiger partial charge is 0.256 e. The van der Waals surface area contributed by atoms with Gasteiger partial charge >= 0.3 is 0 Å². The van der Waals surface area contributed by atoms with E-state index in [1.807, 2.05) is 24.3 Å². The summed E-state index contributed by atoms with van der Waals surface area (Å²) in [6.07, 6.45) is 1.71. The van der Waals surface area contributed by atoms with E-state index in [1.54, 1.807) is 30.3 Å². The van der Waals surface area contributed by atoms with Gasteiger partial charge in [0.25, 0.3) is 5.91 Å². The number of nitrogens with one attached hydrogen (secondary N) is 1. The Morgan fingerprint density at radius 2 is 2.00 bits per heavy atom. The first-order valence-corrected chi connectivity index (χ1v) is 6.54. The molecule has 3 nitrogen and oxygen atoms in total. The van der Waals surface area contributed by atoms with Crippen LogP contribution in [0.25, 0.3) is 0 Å². The summed E-state index contributed by atoms with van der Waals surface area (Å²) < 4.78 is 0.454. The summed E-state index contributed by atoms with van der Waals surface area (Å²) in [6, 6.07) is 10.9. The minimum Gasteiger partial charge on any atom is -0.352 e. The van der Waals surface area contributed by atoms with Crippen LogP contribution < -0.4 is 0 Å².